The maximum atomic E-state index is 11.1. The summed E-state index contributed by atoms with van der Waals surface area (Å²) < 4.78 is 0. The van der Waals surface area contributed by atoms with Crippen LogP contribution in [0.4, 0.5) is 0 Å². The highest BCUT2D eigenvalue weighted by atomic mass is 16.4. The summed E-state index contributed by atoms with van der Waals surface area (Å²) in [5.74, 6) is 0.122. The molecule has 0 aromatic heterocycles. The van der Waals surface area contributed by atoms with Gasteiger partial charge in [0.15, 0.2) is 0 Å². The molecule has 0 heterocycles. The molecule has 1 rings (SSSR count). The standard InChI is InChI=1S/C10H19NO2/c1-7(2)6-11-10(3,9(12)13)8-4-5-8/h7-8,11H,4-6H2,1-3H3,(H,12,13). The number of hydrogen-bond donors (Lipinski definition) is 2. The highest BCUT2D eigenvalue weighted by molar-refractivity contribution is 5.79. The van der Waals surface area contributed by atoms with Crippen molar-refractivity contribution in [1.29, 1.82) is 0 Å². The van der Waals surface area contributed by atoms with Crippen LogP contribution >= 0.6 is 0 Å². The number of hydrogen-bond acceptors (Lipinski definition) is 2. The second-order valence-electron chi connectivity index (χ2n) is 4.56. The molecular formula is C10H19NO2. The van der Waals surface area contributed by atoms with Gasteiger partial charge in [0.1, 0.15) is 5.54 Å². The number of aliphatic carboxylic acids is 1. The number of rotatable bonds is 5. The van der Waals surface area contributed by atoms with E-state index in [0.29, 0.717) is 11.8 Å². The van der Waals surface area contributed by atoms with Crippen molar-refractivity contribution in [2.24, 2.45) is 11.8 Å². The molecule has 76 valence electrons. The Kier molecular flexibility index (Phi) is 2.96. The SMILES string of the molecule is CC(C)CNC(C)(C(=O)O)C1CC1. The highest BCUT2D eigenvalue weighted by Gasteiger charge is 2.46. The third kappa shape index (κ3) is 2.44. The fraction of sp³-hybridized carbons (Fsp3) is 0.900. The topological polar surface area (TPSA) is 49.3 Å². The quantitative estimate of drug-likeness (QED) is 0.682. The molecule has 1 atom stereocenters. The summed E-state index contributed by atoms with van der Waals surface area (Å²) in [6.07, 6.45) is 2.10. The first kappa shape index (κ1) is 10.5. The molecular weight excluding hydrogens is 166 g/mol. The van der Waals surface area contributed by atoms with Crippen LogP contribution in [0.1, 0.15) is 33.6 Å². The molecule has 0 aromatic rings. The van der Waals surface area contributed by atoms with Crippen LogP contribution in [0, 0.1) is 11.8 Å². The van der Waals surface area contributed by atoms with Crippen molar-refractivity contribution in [3.05, 3.63) is 0 Å². The van der Waals surface area contributed by atoms with Gasteiger partial charge in [-0.25, -0.2) is 0 Å². The molecule has 0 bridgehead atoms. The maximum Gasteiger partial charge on any atom is 0.323 e. The second kappa shape index (κ2) is 3.66. The first-order valence-electron chi connectivity index (χ1n) is 4.95. The Morgan fingerprint density at radius 2 is 2.15 bits per heavy atom. The molecule has 3 nitrogen and oxygen atoms in total. The van der Waals surface area contributed by atoms with E-state index in [0.717, 1.165) is 19.4 Å². The number of nitrogens with one attached hydrogen (secondary N) is 1. The van der Waals surface area contributed by atoms with Crippen LogP contribution in [-0.2, 0) is 4.79 Å². The molecule has 0 amide bonds. The predicted octanol–water partition coefficient (Wildman–Crippen LogP) is 1.49. The lowest BCUT2D eigenvalue weighted by molar-refractivity contribution is -0.145. The average molecular weight is 185 g/mol. The molecule has 2 N–H and O–H groups in total. The van der Waals surface area contributed by atoms with Gasteiger partial charge in [0, 0.05) is 0 Å². The molecule has 0 aromatic carbocycles. The van der Waals surface area contributed by atoms with E-state index in [4.69, 9.17) is 5.11 Å². The minimum Gasteiger partial charge on any atom is -0.480 e. The summed E-state index contributed by atoms with van der Waals surface area (Å²) in [5, 5.41) is 12.3. The molecule has 13 heavy (non-hydrogen) atoms. The molecule has 3 heteroatoms. The lowest BCUT2D eigenvalue weighted by atomic mass is 9.95. The van der Waals surface area contributed by atoms with Gasteiger partial charge in [-0.15, -0.1) is 0 Å². The van der Waals surface area contributed by atoms with Gasteiger partial charge in [0.25, 0.3) is 0 Å². The van der Waals surface area contributed by atoms with Crippen LogP contribution in [0.25, 0.3) is 0 Å². The van der Waals surface area contributed by atoms with E-state index in [1.165, 1.54) is 0 Å². The number of carboxylic acid groups (broad SMARTS) is 1. The summed E-state index contributed by atoms with van der Waals surface area (Å²) in [5.41, 5.74) is -0.690. The van der Waals surface area contributed by atoms with Gasteiger partial charge in [0.05, 0.1) is 0 Å². The largest absolute Gasteiger partial charge is 0.480 e. The van der Waals surface area contributed by atoms with Crippen LogP contribution in [0.5, 0.6) is 0 Å². The van der Waals surface area contributed by atoms with Crippen molar-refractivity contribution in [1.82, 2.24) is 5.32 Å². The Balaban J connectivity index is 2.51. The summed E-state index contributed by atoms with van der Waals surface area (Å²) in [7, 11) is 0. The third-order valence-corrected chi connectivity index (χ3v) is 2.72. The molecule has 1 aliphatic rings. The van der Waals surface area contributed by atoms with Gasteiger partial charge in [-0.3, -0.25) is 4.79 Å². The van der Waals surface area contributed by atoms with Gasteiger partial charge < -0.3 is 10.4 Å². The molecule has 1 fully saturated rings. The van der Waals surface area contributed by atoms with Crippen molar-refractivity contribution >= 4 is 5.97 Å². The fourth-order valence-electron chi connectivity index (χ4n) is 1.47. The van der Waals surface area contributed by atoms with Crippen molar-refractivity contribution in [2.45, 2.75) is 39.2 Å². The highest BCUT2D eigenvalue weighted by Crippen LogP contribution is 2.39. The Bertz CT molecular complexity index is 199. The minimum absolute atomic E-state index is 0.337. The zero-order valence-electron chi connectivity index (χ0n) is 8.63. The van der Waals surface area contributed by atoms with Crippen molar-refractivity contribution < 1.29 is 9.90 Å². The Morgan fingerprint density at radius 3 is 2.46 bits per heavy atom. The molecule has 1 aliphatic carbocycles. The Hall–Kier alpha value is -0.570. The molecule has 0 aliphatic heterocycles. The summed E-state index contributed by atoms with van der Waals surface area (Å²) >= 11 is 0. The second-order valence-corrected chi connectivity index (χ2v) is 4.56. The van der Waals surface area contributed by atoms with Gasteiger partial charge in [-0.05, 0) is 38.1 Å². The van der Waals surface area contributed by atoms with Gasteiger partial charge in [-0.1, -0.05) is 13.8 Å². The molecule has 0 radical (unpaired) electrons. The third-order valence-electron chi connectivity index (χ3n) is 2.72. The monoisotopic (exact) mass is 185 g/mol. The summed E-state index contributed by atoms with van der Waals surface area (Å²) in [6, 6.07) is 0. The average Bonchev–Trinajstić information content (AvgIpc) is 2.81. The van der Waals surface area contributed by atoms with E-state index < -0.39 is 11.5 Å². The number of carboxylic acids is 1. The zero-order chi connectivity index (χ0) is 10.1. The van der Waals surface area contributed by atoms with Crippen LogP contribution in [0.15, 0.2) is 0 Å². The van der Waals surface area contributed by atoms with Gasteiger partial charge in [-0.2, -0.15) is 0 Å². The number of carbonyl (C=O) groups is 1. The van der Waals surface area contributed by atoms with Crippen molar-refractivity contribution in [2.75, 3.05) is 6.54 Å². The lowest BCUT2D eigenvalue weighted by Crippen LogP contribution is -2.52. The maximum absolute atomic E-state index is 11.1. The van der Waals surface area contributed by atoms with Crippen LogP contribution < -0.4 is 5.32 Å². The van der Waals surface area contributed by atoms with Crippen LogP contribution in [-0.4, -0.2) is 23.2 Å². The lowest BCUT2D eigenvalue weighted by Gasteiger charge is -2.27. The van der Waals surface area contributed by atoms with Gasteiger partial charge >= 0.3 is 5.97 Å². The van der Waals surface area contributed by atoms with E-state index in [-0.39, 0.29) is 0 Å². The predicted molar refractivity (Wildman–Crippen MR) is 51.6 cm³/mol. The Morgan fingerprint density at radius 1 is 1.62 bits per heavy atom. The van der Waals surface area contributed by atoms with E-state index in [1.54, 1.807) is 6.92 Å². The van der Waals surface area contributed by atoms with Crippen LogP contribution in [0.3, 0.4) is 0 Å². The zero-order valence-corrected chi connectivity index (χ0v) is 8.63. The van der Waals surface area contributed by atoms with Gasteiger partial charge in [0.2, 0.25) is 0 Å². The molecule has 1 saturated carbocycles. The summed E-state index contributed by atoms with van der Waals surface area (Å²) in [6.45, 7) is 6.75. The Labute approximate surface area is 79.5 Å². The van der Waals surface area contributed by atoms with E-state index in [2.05, 4.69) is 19.2 Å². The molecule has 0 spiro atoms. The van der Waals surface area contributed by atoms with Crippen molar-refractivity contribution in [3.63, 3.8) is 0 Å². The van der Waals surface area contributed by atoms with Crippen molar-refractivity contribution in [3.8, 4) is 0 Å². The van der Waals surface area contributed by atoms with E-state index in [9.17, 15) is 4.79 Å². The first-order valence-corrected chi connectivity index (χ1v) is 4.95. The smallest absolute Gasteiger partial charge is 0.323 e. The van der Waals surface area contributed by atoms with Crippen LogP contribution in [0.2, 0.25) is 0 Å². The molecule has 1 unspecified atom stereocenters. The van der Waals surface area contributed by atoms with E-state index in [1.807, 2.05) is 0 Å². The fourth-order valence-corrected chi connectivity index (χ4v) is 1.47. The molecule has 0 saturated heterocycles. The van der Waals surface area contributed by atoms with E-state index >= 15 is 0 Å². The minimum atomic E-state index is -0.712. The normalized spacial score (nSPS) is 21.5. The first-order chi connectivity index (χ1) is 5.97. The summed E-state index contributed by atoms with van der Waals surface area (Å²) in [4.78, 5) is 11.1.